The number of fused-ring (bicyclic) bond motifs is 1. The van der Waals surface area contributed by atoms with E-state index in [0.717, 1.165) is 21.7 Å². The second-order valence-electron chi connectivity index (χ2n) is 8.73. The highest BCUT2D eigenvalue weighted by molar-refractivity contribution is 7.99. The molecule has 172 valence electrons. The topological polar surface area (TPSA) is 106 Å². The second-order valence-corrected chi connectivity index (χ2v) is 9.82. The highest BCUT2D eigenvalue weighted by atomic mass is 32.2. The summed E-state index contributed by atoms with van der Waals surface area (Å²) in [6, 6.07) is 10.1. The van der Waals surface area contributed by atoms with Gasteiger partial charge < -0.3 is 5.32 Å². The average Bonchev–Trinajstić information content (AvgIpc) is 3.54. The predicted molar refractivity (Wildman–Crippen MR) is 129 cm³/mol. The summed E-state index contributed by atoms with van der Waals surface area (Å²) in [7, 11) is 0. The van der Waals surface area contributed by atoms with Crippen LogP contribution in [-0.2, 0) is 0 Å². The standard InChI is InChI=1S/C19H11FN6S.C6H13N/c1-11-16(9-23-25-11)13-5-18(19-14(7-22)8-24-26(19)10-13)27-17-3-2-15(20)4-12(17)6-21;1-6(2)4-3-5-7-6/h2-5,8-10H,1H3,(H,23,25);7H,3-5H2,1-2H3. The van der Waals surface area contributed by atoms with Crippen molar-refractivity contribution in [2.24, 2.45) is 0 Å². The monoisotopic (exact) mass is 473 g/mol. The molecule has 0 unspecified atom stereocenters. The maximum Gasteiger partial charge on any atom is 0.124 e. The van der Waals surface area contributed by atoms with E-state index < -0.39 is 5.82 Å². The molecule has 1 aliphatic heterocycles. The molecule has 1 aromatic carbocycles. The molecule has 34 heavy (non-hydrogen) atoms. The Hall–Kier alpha value is -3.66. The van der Waals surface area contributed by atoms with Crippen LogP contribution in [0.1, 0.15) is 43.5 Å². The third-order valence-corrected chi connectivity index (χ3v) is 6.81. The third-order valence-electron chi connectivity index (χ3n) is 5.70. The number of H-pyrrole nitrogens is 1. The van der Waals surface area contributed by atoms with Gasteiger partial charge in [-0.3, -0.25) is 5.10 Å². The molecule has 0 bridgehead atoms. The first-order valence-electron chi connectivity index (χ1n) is 10.9. The number of halogens is 1. The lowest BCUT2D eigenvalue weighted by Crippen LogP contribution is -2.31. The zero-order chi connectivity index (χ0) is 24.3. The molecule has 0 atom stereocenters. The number of hydrogen-bond acceptors (Lipinski definition) is 6. The highest BCUT2D eigenvalue weighted by Gasteiger charge is 2.20. The van der Waals surface area contributed by atoms with Crippen molar-refractivity contribution in [1.29, 1.82) is 10.5 Å². The molecule has 0 radical (unpaired) electrons. The van der Waals surface area contributed by atoms with Crippen molar-refractivity contribution in [1.82, 2.24) is 25.1 Å². The molecule has 1 aliphatic rings. The molecule has 9 heteroatoms. The molecule has 0 spiro atoms. The molecule has 3 aromatic heterocycles. The molecule has 1 saturated heterocycles. The minimum atomic E-state index is -0.467. The van der Waals surface area contributed by atoms with Gasteiger partial charge in [0.15, 0.2) is 0 Å². The first-order chi connectivity index (χ1) is 16.3. The van der Waals surface area contributed by atoms with Gasteiger partial charge in [0.1, 0.15) is 18.0 Å². The van der Waals surface area contributed by atoms with E-state index in [2.05, 4.69) is 40.5 Å². The Bertz CT molecular complexity index is 1410. The Morgan fingerprint density at radius 1 is 1.12 bits per heavy atom. The van der Waals surface area contributed by atoms with Crippen molar-refractivity contribution in [3.63, 3.8) is 0 Å². The largest absolute Gasteiger partial charge is 0.312 e. The Labute approximate surface area is 201 Å². The van der Waals surface area contributed by atoms with E-state index in [1.807, 2.05) is 25.3 Å². The number of nitrogens with zero attached hydrogens (tertiary/aromatic N) is 5. The van der Waals surface area contributed by atoms with Crippen molar-refractivity contribution in [2.45, 2.75) is 48.9 Å². The van der Waals surface area contributed by atoms with Gasteiger partial charge in [0.2, 0.25) is 0 Å². The SMILES string of the molecule is CC1(C)CCCN1.Cc1[nH]ncc1-c1cc(Sc2ccc(F)cc2C#N)c2c(C#N)cnn2c1. The van der Waals surface area contributed by atoms with Gasteiger partial charge in [-0.1, -0.05) is 11.8 Å². The molecule has 0 saturated carbocycles. The average molecular weight is 474 g/mol. The Balaban J connectivity index is 0.000000336. The highest BCUT2D eigenvalue weighted by Crippen LogP contribution is 2.37. The van der Waals surface area contributed by atoms with Crippen molar-refractivity contribution in [2.75, 3.05) is 6.54 Å². The summed E-state index contributed by atoms with van der Waals surface area (Å²) in [5.41, 5.74) is 4.42. The number of aromatic nitrogens is 4. The number of pyridine rings is 1. The summed E-state index contributed by atoms with van der Waals surface area (Å²) in [6.45, 7) is 7.63. The van der Waals surface area contributed by atoms with E-state index in [0.29, 0.717) is 21.5 Å². The van der Waals surface area contributed by atoms with Gasteiger partial charge in [-0.05, 0) is 64.4 Å². The van der Waals surface area contributed by atoms with Gasteiger partial charge in [0, 0.05) is 38.3 Å². The number of nitriles is 2. The number of aryl methyl sites for hydroxylation is 1. The molecule has 4 heterocycles. The van der Waals surface area contributed by atoms with Crippen LogP contribution in [0.3, 0.4) is 0 Å². The molecular formula is C25H24FN7S. The number of nitrogens with one attached hydrogen (secondary N) is 2. The molecule has 0 amide bonds. The zero-order valence-electron chi connectivity index (χ0n) is 19.2. The lowest BCUT2D eigenvalue weighted by atomic mass is 10.0. The summed E-state index contributed by atoms with van der Waals surface area (Å²) in [6.07, 6.45) is 7.74. The fraction of sp³-hybridized carbons (Fsp3) is 0.280. The Morgan fingerprint density at radius 2 is 1.91 bits per heavy atom. The first-order valence-corrected chi connectivity index (χ1v) is 11.7. The zero-order valence-corrected chi connectivity index (χ0v) is 20.0. The quantitative estimate of drug-likeness (QED) is 0.423. The lowest BCUT2D eigenvalue weighted by molar-refractivity contribution is 0.460. The fourth-order valence-corrected chi connectivity index (χ4v) is 4.95. The van der Waals surface area contributed by atoms with Gasteiger partial charge in [0.05, 0.1) is 29.0 Å². The number of benzene rings is 1. The Morgan fingerprint density at radius 3 is 2.50 bits per heavy atom. The van der Waals surface area contributed by atoms with Gasteiger partial charge in [-0.15, -0.1) is 0 Å². The third kappa shape index (κ3) is 4.96. The molecule has 7 nitrogen and oxygen atoms in total. The fourth-order valence-electron chi connectivity index (χ4n) is 3.88. The minimum Gasteiger partial charge on any atom is -0.312 e. The summed E-state index contributed by atoms with van der Waals surface area (Å²) in [5.74, 6) is -0.467. The van der Waals surface area contributed by atoms with E-state index in [-0.39, 0.29) is 5.56 Å². The summed E-state index contributed by atoms with van der Waals surface area (Å²) < 4.78 is 15.1. The molecular weight excluding hydrogens is 449 g/mol. The predicted octanol–water partition coefficient (Wildman–Crippen LogP) is 5.21. The number of hydrogen-bond donors (Lipinski definition) is 2. The van der Waals surface area contributed by atoms with Crippen LogP contribution in [0.4, 0.5) is 4.39 Å². The van der Waals surface area contributed by atoms with Gasteiger partial charge in [-0.2, -0.15) is 20.7 Å². The van der Waals surface area contributed by atoms with Crippen LogP contribution in [0.15, 0.2) is 52.6 Å². The molecule has 0 aliphatic carbocycles. The lowest BCUT2D eigenvalue weighted by Gasteiger charge is -2.15. The van der Waals surface area contributed by atoms with Crippen LogP contribution < -0.4 is 5.32 Å². The van der Waals surface area contributed by atoms with Crippen molar-refractivity contribution in [3.8, 4) is 23.3 Å². The first kappa shape index (κ1) is 23.5. The van der Waals surface area contributed by atoms with E-state index in [9.17, 15) is 14.9 Å². The van der Waals surface area contributed by atoms with Gasteiger partial charge in [0.25, 0.3) is 0 Å². The van der Waals surface area contributed by atoms with Crippen LogP contribution in [0.2, 0.25) is 0 Å². The van der Waals surface area contributed by atoms with Crippen LogP contribution in [0.25, 0.3) is 16.6 Å². The van der Waals surface area contributed by atoms with E-state index in [4.69, 9.17) is 0 Å². The van der Waals surface area contributed by atoms with E-state index >= 15 is 0 Å². The maximum absolute atomic E-state index is 13.5. The van der Waals surface area contributed by atoms with E-state index in [1.54, 1.807) is 16.8 Å². The molecule has 2 N–H and O–H groups in total. The van der Waals surface area contributed by atoms with Crippen molar-refractivity contribution < 1.29 is 4.39 Å². The molecule has 5 rings (SSSR count). The van der Waals surface area contributed by atoms with Crippen molar-refractivity contribution >= 4 is 17.3 Å². The normalized spacial score (nSPS) is 14.3. The van der Waals surface area contributed by atoms with E-state index in [1.165, 1.54) is 49.5 Å². The second kappa shape index (κ2) is 9.68. The van der Waals surface area contributed by atoms with Crippen molar-refractivity contribution in [3.05, 3.63) is 65.5 Å². The smallest absolute Gasteiger partial charge is 0.124 e. The van der Waals surface area contributed by atoms with Crippen LogP contribution in [0, 0.1) is 35.4 Å². The minimum absolute atomic E-state index is 0.237. The van der Waals surface area contributed by atoms with Gasteiger partial charge in [-0.25, -0.2) is 8.91 Å². The maximum atomic E-state index is 13.5. The summed E-state index contributed by atoms with van der Waals surface area (Å²) >= 11 is 1.30. The number of aromatic amines is 1. The summed E-state index contributed by atoms with van der Waals surface area (Å²) in [4.78, 5) is 1.34. The van der Waals surface area contributed by atoms with Crippen LogP contribution in [-0.4, -0.2) is 31.9 Å². The number of rotatable bonds is 3. The van der Waals surface area contributed by atoms with Crippen LogP contribution in [0.5, 0.6) is 0 Å². The Kier molecular flexibility index (Phi) is 6.69. The summed E-state index contributed by atoms with van der Waals surface area (Å²) in [5, 5.41) is 33.4. The molecule has 4 aromatic rings. The van der Waals surface area contributed by atoms with Crippen LogP contribution >= 0.6 is 11.8 Å². The van der Waals surface area contributed by atoms with Gasteiger partial charge >= 0.3 is 0 Å². The molecule has 1 fully saturated rings.